The van der Waals surface area contributed by atoms with E-state index in [9.17, 15) is 9.90 Å². The van der Waals surface area contributed by atoms with Crippen LogP contribution < -0.4 is 9.97 Å². The average Bonchev–Trinajstić information content (AvgIpc) is 3.83. The van der Waals surface area contributed by atoms with Gasteiger partial charge < -0.3 is 19.8 Å². The number of rotatable bonds is 13. The fourth-order valence-electron chi connectivity index (χ4n) is 7.87. The first-order chi connectivity index (χ1) is 24.2. The Labute approximate surface area is 314 Å². The number of carbonyl (C=O) groups is 1. The van der Waals surface area contributed by atoms with Crippen LogP contribution in [0.1, 0.15) is 145 Å². The predicted octanol–water partition coefficient (Wildman–Crippen LogP) is 9.61. The molecule has 7 nitrogen and oxygen atoms in total. The molecule has 0 spiro atoms. The van der Waals surface area contributed by atoms with Crippen molar-refractivity contribution in [3.05, 3.63) is 74.9 Å². The van der Waals surface area contributed by atoms with Gasteiger partial charge in [-0.1, -0.05) is 108 Å². The molecule has 0 saturated carbocycles. The quantitative estimate of drug-likeness (QED) is 0.138. The van der Waals surface area contributed by atoms with E-state index in [1.165, 1.54) is 44.5 Å². The Hall–Kier alpha value is -3.74. The van der Waals surface area contributed by atoms with Gasteiger partial charge in [0, 0.05) is 0 Å². The fraction of sp³-hybridized carbons (Fsp3) is 0.465. The number of ether oxygens (including phenoxy) is 1. The van der Waals surface area contributed by atoms with E-state index < -0.39 is 12.1 Å². The molecule has 0 aliphatic carbocycles. The number of hydrogen-bond acceptors (Lipinski definition) is 5. The molecule has 0 radical (unpaired) electrons. The van der Waals surface area contributed by atoms with Gasteiger partial charge in [0.25, 0.3) is 0 Å². The third-order valence-corrected chi connectivity index (χ3v) is 10.2. The number of aryl methyl sites for hydroxylation is 4. The summed E-state index contributed by atoms with van der Waals surface area (Å²) in [6.07, 6.45) is 9.22. The van der Waals surface area contributed by atoms with E-state index in [-0.39, 0.29) is 29.5 Å². The minimum absolute atomic E-state index is 0. The minimum atomic E-state index is -1.01. The molecule has 2 aliphatic rings. The van der Waals surface area contributed by atoms with E-state index in [1.54, 1.807) is 13.0 Å². The third kappa shape index (κ3) is 7.73. The molecule has 5 rings (SSSR count). The van der Waals surface area contributed by atoms with E-state index in [1.807, 2.05) is 6.08 Å². The second-order valence-corrected chi connectivity index (χ2v) is 12.9. The molecule has 0 aromatic carbocycles. The van der Waals surface area contributed by atoms with E-state index in [0.717, 1.165) is 102 Å². The van der Waals surface area contributed by atoms with Gasteiger partial charge in [-0.3, -0.25) is 4.79 Å². The van der Waals surface area contributed by atoms with E-state index in [2.05, 4.69) is 73.6 Å². The summed E-state index contributed by atoms with van der Waals surface area (Å²) in [6, 6.07) is 6.56. The number of nitrogens with zero attached hydrogens (tertiary/aromatic N) is 4. The van der Waals surface area contributed by atoms with Crippen LogP contribution in [0.2, 0.25) is 0 Å². The summed E-state index contributed by atoms with van der Waals surface area (Å²) in [5.41, 5.74) is 18.2. The van der Waals surface area contributed by atoms with Crippen molar-refractivity contribution in [1.29, 1.82) is 0 Å². The second kappa shape index (κ2) is 17.7. The number of esters is 1. The topological polar surface area (TPSA) is 101 Å². The van der Waals surface area contributed by atoms with Crippen LogP contribution in [-0.4, -0.2) is 33.8 Å². The van der Waals surface area contributed by atoms with Crippen molar-refractivity contribution in [1.82, 2.24) is 19.9 Å². The maximum absolute atomic E-state index is 12.3. The molecule has 0 fully saturated rings. The smallest absolute Gasteiger partial charge is 0.657 e. The maximum atomic E-state index is 12.3. The zero-order valence-corrected chi connectivity index (χ0v) is 32.9. The second-order valence-electron chi connectivity index (χ2n) is 12.9. The Morgan fingerprint density at radius 1 is 0.667 bits per heavy atom. The van der Waals surface area contributed by atoms with Crippen LogP contribution in [0, 0.1) is 0 Å². The summed E-state index contributed by atoms with van der Waals surface area (Å²) in [5.74, 6) is -0.430. The largest absolute Gasteiger partial charge is 2.00 e. The number of aliphatic hydroxyl groups excluding tert-OH is 1. The van der Waals surface area contributed by atoms with Gasteiger partial charge in [0.1, 0.15) is 0 Å². The number of hydrogen-bond donors (Lipinski definition) is 1. The van der Waals surface area contributed by atoms with Crippen molar-refractivity contribution in [3.63, 3.8) is 0 Å². The monoisotopic (exact) mass is 732 g/mol. The van der Waals surface area contributed by atoms with Gasteiger partial charge in [-0.15, -0.1) is 22.1 Å². The summed E-state index contributed by atoms with van der Waals surface area (Å²) in [4.78, 5) is 33.6. The Balaban J connectivity index is 0.00000583. The van der Waals surface area contributed by atoms with Gasteiger partial charge >= 0.3 is 22.5 Å². The zero-order valence-electron chi connectivity index (χ0n) is 31.9. The van der Waals surface area contributed by atoms with E-state index in [4.69, 9.17) is 24.7 Å². The van der Waals surface area contributed by atoms with Gasteiger partial charge in [0.2, 0.25) is 0 Å². The molecule has 1 atom stereocenters. The van der Waals surface area contributed by atoms with Crippen LogP contribution in [-0.2, 0) is 51.7 Å². The van der Waals surface area contributed by atoms with Gasteiger partial charge in [-0.25, -0.2) is 9.97 Å². The number of aliphatic hydroxyl groups is 1. The summed E-state index contributed by atoms with van der Waals surface area (Å²) < 4.78 is 5.12. The van der Waals surface area contributed by atoms with Crippen molar-refractivity contribution in [2.75, 3.05) is 6.61 Å². The SMILES string of the molecule is CCOC(=O)CC(O)/C=C/c1c2nc(cc3[n-]c(cc4nc(cc5[n-]c1c(CC)c5CC)C(CC)=C4CC)c(CC)c3CC)C(CC)=C2CC.[Ni+2]. The summed E-state index contributed by atoms with van der Waals surface area (Å²) in [7, 11) is 0. The minimum Gasteiger partial charge on any atom is -0.657 e. The summed E-state index contributed by atoms with van der Waals surface area (Å²) in [6.45, 7) is 19.6. The number of allylic oxidation sites excluding steroid dienone is 4. The first-order valence-electron chi connectivity index (χ1n) is 18.9. The molecular weight excluding hydrogens is 679 g/mol. The molecule has 0 saturated heterocycles. The fourth-order valence-corrected chi connectivity index (χ4v) is 7.87. The van der Waals surface area contributed by atoms with Crippen molar-refractivity contribution < 1.29 is 31.1 Å². The molecule has 3 aromatic rings. The molecule has 3 aromatic heterocycles. The molecule has 1 unspecified atom stereocenters. The van der Waals surface area contributed by atoms with Crippen molar-refractivity contribution in [3.8, 4) is 0 Å². The van der Waals surface area contributed by atoms with Crippen LogP contribution in [0.25, 0.3) is 50.4 Å². The van der Waals surface area contributed by atoms with Crippen molar-refractivity contribution in [2.24, 2.45) is 0 Å². The molecule has 274 valence electrons. The molecule has 51 heavy (non-hydrogen) atoms. The first-order valence-corrected chi connectivity index (χ1v) is 18.9. The van der Waals surface area contributed by atoms with Gasteiger partial charge in [-0.05, 0) is 86.1 Å². The number of aromatic nitrogens is 4. The standard InChI is InChI=1S/C43H54N4O3.Ni/c1-10-26-28(12-3)37-23-39-30(14-5)32(16-7)42(46-39)34(20-19-25(48)21-41(49)50-18-9)43-33(17-8)31(15-6)40(47-43)24-38-29(13-4)27(11-2)36(45-38)22-35(26)44-37;/h19-20,22-25,48H,10-18,21H2,1-9H3;/q-2;+2/b20-19+,35-22?,36-22?,37-23?,38-24?,39-23?,40-24?,42-34?,43-34?;. The Morgan fingerprint density at radius 3 is 1.59 bits per heavy atom. The maximum Gasteiger partial charge on any atom is 2.00 e. The normalized spacial score (nSPS) is 13.7. The molecule has 1 N–H and O–H groups in total. The molecule has 8 bridgehead atoms. The first kappa shape index (κ1) is 40.0. The van der Waals surface area contributed by atoms with Crippen LogP contribution in [0.5, 0.6) is 0 Å². The van der Waals surface area contributed by atoms with E-state index >= 15 is 0 Å². The summed E-state index contributed by atoms with van der Waals surface area (Å²) >= 11 is 0. The van der Waals surface area contributed by atoms with Crippen molar-refractivity contribution >= 4 is 56.4 Å². The molecule has 8 heteroatoms. The Morgan fingerprint density at radius 2 is 1.12 bits per heavy atom. The Kier molecular flexibility index (Phi) is 13.9. The molecular formula is C43H54N4NiO3. The van der Waals surface area contributed by atoms with Gasteiger partial charge in [-0.2, -0.15) is 0 Å². The van der Waals surface area contributed by atoms with Crippen LogP contribution in [0.4, 0.5) is 0 Å². The molecule has 2 aliphatic heterocycles. The van der Waals surface area contributed by atoms with Gasteiger partial charge in [0.05, 0.1) is 41.9 Å². The number of carbonyl (C=O) groups excluding carboxylic acids is 1. The molecule has 0 amide bonds. The van der Waals surface area contributed by atoms with Crippen molar-refractivity contribution in [2.45, 2.75) is 126 Å². The third-order valence-electron chi connectivity index (χ3n) is 10.2. The zero-order chi connectivity index (χ0) is 36.1. The average molecular weight is 734 g/mol. The summed E-state index contributed by atoms with van der Waals surface area (Å²) in [5, 5.41) is 11.0. The van der Waals surface area contributed by atoms with Gasteiger partial charge in [0.15, 0.2) is 0 Å². The Bertz CT molecular complexity index is 2030. The van der Waals surface area contributed by atoms with E-state index in [0.29, 0.717) is 0 Å². The number of fused-ring (bicyclic) bond motifs is 8. The van der Waals surface area contributed by atoms with Crippen LogP contribution >= 0.6 is 0 Å². The van der Waals surface area contributed by atoms with Crippen LogP contribution in [0.3, 0.4) is 0 Å². The predicted molar refractivity (Wildman–Crippen MR) is 208 cm³/mol. The van der Waals surface area contributed by atoms with Crippen LogP contribution in [0.15, 0.2) is 24.3 Å². The molecule has 5 heterocycles.